The van der Waals surface area contributed by atoms with E-state index in [2.05, 4.69) is 14.8 Å². The summed E-state index contributed by atoms with van der Waals surface area (Å²) in [5, 5.41) is 2.47. The topological polar surface area (TPSA) is 142 Å². The number of nitrogens with one attached hydrogen (secondary N) is 1. The van der Waals surface area contributed by atoms with E-state index in [9.17, 15) is 41.5 Å². The fourth-order valence-electron chi connectivity index (χ4n) is 1.83. The molecule has 0 bridgehead atoms. The molecule has 0 aliphatic rings. The maximum atomic E-state index is 12.4. The number of hydrogen-bond donors (Lipinski definition) is 2. The van der Waals surface area contributed by atoms with Crippen LogP contribution in [-0.2, 0) is 33.4 Å². The van der Waals surface area contributed by atoms with Gasteiger partial charge in [0.25, 0.3) is 12.9 Å². The monoisotopic (exact) mass is 490 g/mol. The summed E-state index contributed by atoms with van der Waals surface area (Å²) in [5.74, 6) is -2.79. The van der Waals surface area contributed by atoms with E-state index in [1.165, 1.54) is 6.92 Å². The Balaban J connectivity index is -0.000000449. The Morgan fingerprint density at radius 1 is 0.848 bits per heavy atom. The van der Waals surface area contributed by atoms with Crippen molar-refractivity contribution in [2.45, 2.75) is 72.3 Å². The van der Waals surface area contributed by atoms with Gasteiger partial charge >= 0.3 is 11.9 Å². The first-order valence-corrected chi connectivity index (χ1v) is 10.1. The van der Waals surface area contributed by atoms with E-state index in [4.69, 9.17) is 5.73 Å². The van der Waals surface area contributed by atoms with E-state index >= 15 is 0 Å². The van der Waals surface area contributed by atoms with Crippen LogP contribution in [0.5, 0.6) is 0 Å². The number of rotatable bonds is 14. The Morgan fingerprint density at radius 3 is 1.64 bits per heavy atom. The summed E-state index contributed by atoms with van der Waals surface area (Å²) in [5.41, 5.74) is 5.06. The minimum absolute atomic E-state index is 0.0228. The van der Waals surface area contributed by atoms with Crippen LogP contribution in [0.1, 0.15) is 53.4 Å². The van der Waals surface area contributed by atoms with Crippen molar-refractivity contribution in [3.63, 3.8) is 0 Å². The molecule has 0 aromatic heterocycles. The molecule has 0 rings (SSSR count). The molecule has 0 aliphatic heterocycles. The van der Waals surface area contributed by atoms with E-state index in [-0.39, 0.29) is 37.7 Å². The first-order chi connectivity index (χ1) is 15.3. The van der Waals surface area contributed by atoms with Gasteiger partial charge in [0.1, 0.15) is 11.6 Å². The average molecular weight is 490 g/mol. The zero-order valence-corrected chi connectivity index (χ0v) is 19.3. The minimum Gasteiger partial charge on any atom is -0.466 e. The predicted octanol–water partition coefficient (Wildman–Crippen LogP) is 1.84. The Hall–Kier alpha value is -2.41. The molecule has 0 aromatic rings. The van der Waals surface area contributed by atoms with Crippen LogP contribution in [0.4, 0.5) is 17.6 Å². The molecular weight excluding hydrogens is 456 g/mol. The van der Waals surface area contributed by atoms with Crippen molar-refractivity contribution in [2.75, 3.05) is 26.3 Å². The van der Waals surface area contributed by atoms with Crippen molar-refractivity contribution in [2.24, 2.45) is 5.73 Å². The molecule has 1 atom stereocenters. The number of Topliss-reactive ketones (excluding diaryl/α,β-unsaturated/α-hetero) is 3. The molecule has 0 fully saturated rings. The highest BCUT2D eigenvalue weighted by Crippen LogP contribution is 2.06. The third-order valence-corrected chi connectivity index (χ3v) is 3.17. The van der Waals surface area contributed by atoms with Crippen molar-refractivity contribution in [1.29, 1.82) is 0 Å². The van der Waals surface area contributed by atoms with Gasteiger partial charge in [0, 0.05) is 19.5 Å². The van der Waals surface area contributed by atoms with Gasteiger partial charge < -0.3 is 20.5 Å². The largest absolute Gasteiger partial charge is 0.466 e. The highest BCUT2D eigenvalue weighted by Gasteiger charge is 2.21. The van der Waals surface area contributed by atoms with E-state index in [1.54, 1.807) is 13.8 Å². The molecule has 0 aromatic carbocycles. The molecule has 194 valence electrons. The lowest BCUT2D eigenvalue weighted by Crippen LogP contribution is -2.38. The second kappa shape index (κ2) is 22.8. The van der Waals surface area contributed by atoms with Crippen molar-refractivity contribution >= 4 is 29.3 Å². The second-order valence-electron chi connectivity index (χ2n) is 6.35. The second-order valence-corrected chi connectivity index (χ2v) is 6.35. The van der Waals surface area contributed by atoms with Crippen LogP contribution in [0, 0.1) is 0 Å². The summed E-state index contributed by atoms with van der Waals surface area (Å²) in [7, 11) is 0. The van der Waals surface area contributed by atoms with E-state index in [0.717, 1.165) is 6.92 Å². The lowest BCUT2D eigenvalue weighted by molar-refractivity contribution is -0.143. The summed E-state index contributed by atoms with van der Waals surface area (Å²) < 4.78 is 56.6. The third-order valence-electron chi connectivity index (χ3n) is 3.17. The van der Waals surface area contributed by atoms with Gasteiger partial charge in [-0.15, -0.1) is 0 Å². The Labute approximate surface area is 190 Å². The Morgan fingerprint density at radius 2 is 1.33 bits per heavy atom. The molecule has 9 nitrogen and oxygen atoms in total. The van der Waals surface area contributed by atoms with E-state index in [0.29, 0.717) is 19.6 Å². The predicted molar refractivity (Wildman–Crippen MR) is 111 cm³/mol. The van der Waals surface area contributed by atoms with Crippen LogP contribution in [0.15, 0.2) is 0 Å². The number of esters is 2. The normalized spacial score (nSPS) is 10.9. The Bertz CT molecular complexity index is 583. The molecule has 13 heteroatoms. The molecule has 0 amide bonds. The van der Waals surface area contributed by atoms with Gasteiger partial charge in [-0.05, 0) is 27.7 Å². The first-order valence-electron chi connectivity index (χ1n) is 10.1. The number of nitrogens with two attached hydrogens (primary N) is 1. The molecule has 0 radical (unpaired) electrons. The van der Waals surface area contributed by atoms with Crippen LogP contribution < -0.4 is 11.1 Å². The molecule has 0 spiro atoms. The maximum Gasteiger partial charge on any atom is 0.307 e. The minimum atomic E-state index is -3.01. The van der Waals surface area contributed by atoms with Gasteiger partial charge in [0.15, 0.2) is 0 Å². The molecule has 1 unspecified atom stereocenters. The molecule has 3 N–H and O–H groups in total. The number of alkyl halides is 4. The van der Waals surface area contributed by atoms with Gasteiger partial charge in [0.2, 0.25) is 5.78 Å². The van der Waals surface area contributed by atoms with Gasteiger partial charge in [0.05, 0.1) is 38.5 Å². The van der Waals surface area contributed by atoms with E-state index < -0.39 is 42.8 Å². The standard InChI is InChI=1S/C10H17F2NO3.C5H6F2O2.C5H11NO2/c1-3-16-9(15)4-5-13-8(10(11)12)6-7(2)14;1-3(8)2-4(9)5(6)7;1-2-8-5(7)3-4-6/h8,10,13H,3-6H2,1-2H3;5H,2H2,1H3;2-4,6H2,1H3. The Kier molecular flexibility index (Phi) is 24.3. The third kappa shape index (κ3) is 27.6. The summed E-state index contributed by atoms with van der Waals surface area (Å²) in [6, 6.07) is -1.19. The summed E-state index contributed by atoms with van der Waals surface area (Å²) >= 11 is 0. The highest BCUT2D eigenvalue weighted by molar-refractivity contribution is 5.99. The fourth-order valence-corrected chi connectivity index (χ4v) is 1.83. The van der Waals surface area contributed by atoms with Crippen LogP contribution >= 0.6 is 0 Å². The molecule has 0 saturated carbocycles. The molecule has 0 aliphatic carbocycles. The average Bonchev–Trinajstić information content (AvgIpc) is 2.68. The zero-order chi connectivity index (χ0) is 26.4. The number of carbonyl (C=O) groups is 5. The molecular formula is C20H34F4N2O7. The SMILES string of the molecule is CC(=O)CC(=O)C(F)F.CCOC(=O)CCN.CCOC(=O)CCNC(CC(C)=O)C(F)F. The maximum absolute atomic E-state index is 12.4. The van der Waals surface area contributed by atoms with Gasteiger partial charge in [-0.2, -0.15) is 0 Å². The number of halogens is 4. The molecule has 0 heterocycles. The number of hydrogen-bond acceptors (Lipinski definition) is 9. The number of carbonyl (C=O) groups excluding carboxylic acids is 5. The highest BCUT2D eigenvalue weighted by atomic mass is 19.3. The molecule has 0 saturated heterocycles. The first kappa shape index (κ1) is 35.2. The van der Waals surface area contributed by atoms with Gasteiger partial charge in [-0.3, -0.25) is 24.0 Å². The quantitative estimate of drug-likeness (QED) is 0.212. The van der Waals surface area contributed by atoms with Crippen molar-refractivity contribution in [3.8, 4) is 0 Å². The smallest absolute Gasteiger partial charge is 0.307 e. The van der Waals surface area contributed by atoms with Crippen molar-refractivity contribution < 1.29 is 51.0 Å². The molecule has 33 heavy (non-hydrogen) atoms. The van der Waals surface area contributed by atoms with Crippen molar-refractivity contribution in [3.05, 3.63) is 0 Å². The number of ketones is 3. The number of ether oxygens (including phenoxy) is 2. The zero-order valence-electron chi connectivity index (χ0n) is 19.3. The fraction of sp³-hybridized carbons (Fsp3) is 0.750. The van der Waals surface area contributed by atoms with E-state index in [1.807, 2.05) is 0 Å². The van der Waals surface area contributed by atoms with Gasteiger partial charge in [-0.25, -0.2) is 17.6 Å². The lowest BCUT2D eigenvalue weighted by Gasteiger charge is -2.15. The van der Waals surface area contributed by atoms with Crippen LogP contribution in [0.2, 0.25) is 0 Å². The summed E-state index contributed by atoms with van der Waals surface area (Å²) in [6.45, 7) is 6.96. The summed E-state index contributed by atoms with van der Waals surface area (Å²) in [4.78, 5) is 51.9. The van der Waals surface area contributed by atoms with Crippen molar-refractivity contribution in [1.82, 2.24) is 5.32 Å². The van der Waals surface area contributed by atoms with Crippen LogP contribution in [0.25, 0.3) is 0 Å². The van der Waals surface area contributed by atoms with Crippen LogP contribution in [0.3, 0.4) is 0 Å². The lowest BCUT2D eigenvalue weighted by atomic mass is 10.1. The summed E-state index contributed by atoms with van der Waals surface area (Å²) in [6.07, 6.45) is -6.17. The van der Waals surface area contributed by atoms with Crippen LogP contribution in [-0.4, -0.2) is 74.5 Å². The van der Waals surface area contributed by atoms with Gasteiger partial charge in [-0.1, -0.05) is 0 Å².